The number of ether oxygens (including phenoxy) is 6. The molecule has 0 radical (unpaired) electrons. The van der Waals surface area contributed by atoms with Crippen molar-refractivity contribution in [2.75, 3.05) is 147 Å². The van der Waals surface area contributed by atoms with Crippen molar-refractivity contribution in [1.29, 1.82) is 0 Å². The number of benzene rings is 15. The third-order valence-electron chi connectivity index (χ3n) is 28.3. The minimum absolute atomic E-state index is 0. The van der Waals surface area contributed by atoms with Crippen LogP contribution >= 0.6 is 62.0 Å². The van der Waals surface area contributed by atoms with Crippen LogP contribution in [0.1, 0.15) is 188 Å². The van der Waals surface area contributed by atoms with Crippen LogP contribution in [-0.4, -0.2) is 201 Å². The highest BCUT2D eigenvalue weighted by molar-refractivity contribution is 6.10. The van der Waals surface area contributed by atoms with Crippen LogP contribution < -0.4 is 50.3 Å². The third-order valence-corrected chi connectivity index (χ3v) is 28.3. The Morgan fingerprint density at radius 2 is 0.360 bits per heavy atom. The number of nitrogens with zero attached hydrogens (tertiary/aromatic N) is 5. The van der Waals surface area contributed by atoms with Gasteiger partial charge in [-0.05, 0) is 316 Å². The molecule has 5 heterocycles. The Morgan fingerprint density at radius 3 is 0.500 bits per heavy atom. The lowest BCUT2D eigenvalue weighted by Gasteiger charge is -2.28. The van der Waals surface area contributed by atoms with Crippen molar-refractivity contribution < 1.29 is 52.4 Å². The van der Waals surface area contributed by atoms with E-state index in [0.717, 1.165) is 189 Å². The SMILES string of the molecule is CCOCC.COc1ccc(C(CNC(=O)c2cccc3ccccc23)N2CCCC2)cc1.COc1ccc(C(CNC(=O)c2cccc3ccccc23)N2CCCC2)cc1.COc1ccc(C(CNC(=O)c2cccc3ccccc23)N2CCCC2)cc1.COc1ccc(C(CNC(=O)c2cccc3ccccc23)N2CCCC2)cc1.COc1ccc(C(CNC(=O)c2cccc3ccccc23)N2CCCC2)cc1.Cl.Cl.Cl.Cl.Cl. The molecule has 15 aromatic carbocycles. The molecule has 5 aliphatic rings. The molecule has 5 aliphatic heterocycles. The van der Waals surface area contributed by atoms with E-state index in [2.05, 4.69) is 112 Å². The Kier molecular flexibility index (Phi) is 49.3. The summed E-state index contributed by atoms with van der Waals surface area (Å²) in [7, 11) is 8.39. The number of fused-ring (bicyclic) bond motifs is 5. The first-order valence-corrected chi connectivity index (χ1v) is 51.5. The molecule has 0 spiro atoms. The first-order valence-electron chi connectivity index (χ1n) is 51.5. The van der Waals surface area contributed by atoms with Gasteiger partial charge in [0, 0.05) is 73.8 Å². The highest BCUT2D eigenvalue weighted by Gasteiger charge is 2.31. The van der Waals surface area contributed by atoms with E-state index in [-0.39, 0.29) is 122 Å². The van der Waals surface area contributed by atoms with Crippen molar-refractivity contribution in [1.82, 2.24) is 51.1 Å². The normalized spacial score (nSPS) is 14.7. The average Bonchev–Trinajstić information content (AvgIpc) is 1.17. The molecule has 5 saturated heterocycles. The monoisotopic (exact) mass is 2120 g/mol. The van der Waals surface area contributed by atoms with Crippen molar-refractivity contribution in [3.63, 3.8) is 0 Å². The molecular formula is C124H145Cl5N10O11. The van der Waals surface area contributed by atoms with Crippen LogP contribution in [0.5, 0.6) is 28.7 Å². The number of nitrogens with one attached hydrogen (secondary N) is 5. The number of hydrogen-bond acceptors (Lipinski definition) is 16. The first-order chi connectivity index (χ1) is 71.2. The molecule has 20 rings (SSSR count). The summed E-state index contributed by atoms with van der Waals surface area (Å²) in [5.41, 5.74) is 9.69. The molecule has 0 bridgehead atoms. The number of halogens is 5. The Bertz CT molecular complexity index is 5720. The highest BCUT2D eigenvalue weighted by Crippen LogP contribution is 2.35. The topological polar surface area (TPSA) is 217 Å². The van der Waals surface area contributed by atoms with E-state index < -0.39 is 0 Å². The molecule has 5 fully saturated rings. The van der Waals surface area contributed by atoms with Crippen LogP contribution in [0.25, 0.3) is 53.9 Å². The standard InChI is InChI=1S/5C24H26N2O2.C4H10O.5ClH/c5*1-28-20-13-11-19(12-14-20)23(26-15-4-5-16-26)17-25-24(27)22-10-6-8-18-7-2-3-9-21(18)22;1-3-5-4-2;;;;;/h5*2-3,6-14,23H,4-5,15-17H2,1H3,(H,25,27);3-4H2,1-2H3;5*1H. The predicted molar refractivity (Wildman–Crippen MR) is 623 cm³/mol. The first kappa shape index (κ1) is 119. The summed E-state index contributed by atoms with van der Waals surface area (Å²) < 4.78 is 31.3. The van der Waals surface area contributed by atoms with Gasteiger partial charge in [-0.25, -0.2) is 0 Å². The van der Waals surface area contributed by atoms with Crippen LogP contribution in [0, 0.1) is 0 Å². The molecule has 26 heteroatoms. The second kappa shape index (κ2) is 62.1. The lowest BCUT2D eigenvalue weighted by Crippen LogP contribution is -2.36. The fourth-order valence-electron chi connectivity index (χ4n) is 20.4. The summed E-state index contributed by atoms with van der Waals surface area (Å²) in [4.78, 5) is 77.1. The number of amides is 5. The second-order valence-electron chi connectivity index (χ2n) is 37.1. The van der Waals surface area contributed by atoms with Crippen molar-refractivity contribution in [2.24, 2.45) is 0 Å². The van der Waals surface area contributed by atoms with Crippen LogP contribution in [0.4, 0.5) is 0 Å². The fraction of sp³-hybridized carbons (Fsp3) is 0.315. The Hall–Kier alpha value is -12.8. The number of carbonyl (C=O) groups is 5. The van der Waals surface area contributed by atoms with E-state index in [1.54, 1.807) is 35.5 Å². The van der Waals surface area contributed by atoms with E-state index in [9.17, 15) is 24.0 Å². The molecule has 21 nitrogen and oxygen atoms in total. The molecule has 5 atom stereocenters. The molecule has 5 amide bonds. The van der Waals surface area contributed by atoms with Gasteiger partial charge >= 0.3 is 0 Å². The predicted octanol–water partition coefficient (Wildman–Crippen LogP) is 25.2. The zero-order valence-corrected chi connectivity index (χ0v) is 91.1. The number of hydrogen-bond donors (Lipinski definition) is 5. The zero-order valence-electron chi connectivity index (χ0n) is 87.0. The van der Waals surface area contributed by atoms with Gasteiger partial charge < -0.3 is 55.0 Å². The number of carbonyl (C=O) groups excluding carboxylic acids is 5. The summed E-state index contributed by atoms with van der Waals surface area (Å²) in [6.45, 7) is 19.3. The quantitative estimate of drug-likeness (QED) is 0.0265. The maximum absolute atomic E-state index is 13.0. The molecule has 5 unspecified atom stereocenters. The summed E-state index contributed by atoms with van der Waals surface area (Å²) in [6, 6.07) is 111. The number of methoxy groups -OCH3 is 5. The summed E-state index contributed by atoms with van der Waals surface area (Å²) >= 11 is 0. The number of likely N-dealkylation sites (tertiary alicyclic amines) is 5. The van der Waals surface area contributed by atoms with Crippen LogP contribution in [0.3, 0.4) is 0 Å². The van der Waals surface area contributed by atoms with Gasteiger partial charge in [-0.2, -0.15) is 0 Å². The minimum Gasteiger partial charge on any atom is -0.497 e. The number of rotatable bonds is 32. The van der Waals surface area contributed by atoms with Crippen molar-refractivity contribution >= 4 is 145 Å². The van der Waals surface area contributed by atoms with Crippen LogP contribution in [0.2, 0.25) is 0 Å². The third kappa shape index (κ3) is 32.4. The van der Waals surface area contributed by atoms with Gasteiger partial charge in [0.05, 0.1) is 65.8 Å². The van der Waals surface area contributed by atoms with Crippen LogP contribution in [0.15, 0.2) is 334 Å². The van der Waals surface area contributed by atoms with Crippen molar-refractivity contribution in [2.45, 2.75) is 108 Å². The van der Waals surface area contributed by atoms with Crippen molar-refractivity contribution in [3.05, 3.63) is 389 Å². The Labute approximate surface area is 915 Å². The van der Waals surface area contributed by atoms with Crippen LogP contribution in [-0.2, 0) is 4.74 Å². The largest absolute Gasteiger partial charge is 0.497 e. The summed E-state index contributed by atoms with van der Waals surface area (Å²) in [5.74, 6) is 4.16. The lowest BCUT2D eigenvalue weighted by atomic mass is 10.0. The van der Waals surface area contributed by atoms with Gasteiger partial charge in [0.1, 0.15) is 28.7 Å². The minimum atomic E-state index is -0.0190. The van der Waals surface area contributed by atoms with Gasteiger partial charge in [-0.1, -0.05) is 243 Å². The van der Waals surface area contributed by atoms with Gasteiger partial charge in [0.15, 0.2) is 0 Å². The molecule has 0 saturated carbocycles. The molecular weight excluding hydrogens is 1980 g/mol. The molecule has 0 aromatic heterocycles. The molecule has 150 heavy (non-hydrogen) atoms. The lowest BCUT2D eigenvalue weighted by molar-refractivity contribution is 0.0931. The van der Waals surface area contributed by atoms with E-state index in [1.165, 1.54) is 92.0 Å². The molecule has 5 N–H and O–H groups in total. The molecule has 15 aromatic rings. The van der Waals surface area contributed by atoms with E-state index in [4.69, 9.17) is 28.4 Å². The van der Waals surface area contributed by atoms with E-state index in [0.29, 0.717) is 32.7 Å². The van der Waals surface area contributed by atoms with Gasteiger partial charge in [-0.15, -0.1) is 62.0 Å². The summed E-state index contributed by atoms with van der Waals surface area (Å²) in [6.07, 6.45) is 12.1. The maximum Gasteiger partial charge on any atom is 0.251 e. The van der Waals surface area contributed by atoms with E-state index in [1.807, 2.05) is 287 Å². The Morgan fingerprint density at radius 1 is 0.213 bits per heavy atom. The fourth-order valence-corrected chi connectivity index (χ4v) is 20.4. The Balaban J connectivity index is 0.000000188. The highest BCUT2D eigenvalue weighted by atomic mass is 35.5. The summed E-state index contributed by atoms with van der Waals surface area (Å²) in [5, 5.41) is 26.3. The van der Waals surface area contributed by atoms with Crippen molar-refractivity contribution in [3.8, 4) is 28.7 Å². The molecule has 792 valence electrons. The second-order valence-corrected chi connectivity index (χ2v) is 37.1. The van der Waals surface area contributed by atoms with E-state index >= 15 is 0 Å². The molecule has 0 aliphatic carbocycles. The smallest absolute Gasteiger partial charge is 0.251 e. The maximum atomic E-state index is 13.0. The average molecular weight is 2130 g/mol. The van der Waals surface area contributed by atoms with Gasteiger partial charge in [0.25, 0.3) is 29.5 Å². The zero-order chi connectivity index (χ0) is 101. The van der Waals surface area contributed by atoms with Gasteiger partial charge in [-0.3, -0.25) is 48.5 Å². The van der Waals surface area contributed by atoms with Gasteiger partial charge in [0.2, 0.25) is 0 Å².